The highest BCUT2D eigenvalue weighted by molar-refractivity contribution is 5.80. The van der Waals surface area contributed by atoms with Gasteiger partial charge in [-0.25, -0.2) is 4.98 Å². The zero-order chi connectivity index (χ0) is 17.9. The topological polar surface area (TPSA) is 67.3 Å². The van der Waals surface area contributed by atoms with E-state index in [-0.39, 0.29) is 5.91 Å². The Morgan fingerprint density at radius 2 is 2.15 bits per heavy atom. The molecule has 6 heteroatoms. The second-order valence-corrected chi connectivity index (χ2v) is 7.13. The summed E-state index contributed by atoms with van der Waals surface area (Å²) in [6.07, 6.45) is 7.81. The van der Waals surface area contributed by atoms with Crippen LogP contribution in [0.4, 0.5) is 5.82 Å². The maximum absolute atomic E-state index is 12.8. The molecule has 1 saturated heterocycles. The van der Waals surface area contributed by atoms with Gasteiger partial charge < -0.3 is 15.0 Å². The lowest BCUT2D eigenvalue weighted by Gasteiger charge is -2.22. The monoisotopic (exact) mass is 352 g/mol. The molecule has 1 aromatic carbocycles. The van der Waals surface area contributed by atoms with Crippen LogP contribution in [-0.4, -0.2) is 47.0 Å². The summed E-state index contributed by atoms with van der Waals surface area (Å²) in [7, 11) is 1.65. The third-order valence-corrected chi connectivity index (χ3v) is 5.64. The molecule has 1 aliphatic carbocycles. The summed E-state index contributed by atoms with van der Waals surface area (Å²) in [6.45, 7) is 1.67. The molecule has 1 aliphatic heterocycles. The van der Waals surface area contributed by atoms with Crippen LogP contribution >= 0.6 is 0 Å². The number of anilines is 1. The molecule has 0 spiro atoms. The van der Waals surface area contributed by atoms with E-state index in [0.29, 0.717) is 24.3 Å². The van der Waals surface area contributed by atoms with E-state index in [9.17, 15) is 4.79 Å². The maximum atomic E-state index is 12.8. The number of rotatable bonds is 5. The Balaban J connectivity index is 1.39. The molecule has 0 bridgehead atoms. The highest BCUT2D eigenvalue weighted by atomic mass is 16.5. The number of hydrogen-bond acceptors (Lipinski definition) is 5. The minimum absolute atomic E-state index is 0.183. The van der Waals surface area contributed by atoms with Gasteiger partial charge in [-0.2, -0.15) is 0 Å². The molecule has 136 valence electrons. The van der Waals surface area contributed by atoms with Gasteiger partial charge in [-0.15, -0.1) is 0 Å². The number of fused-ring (bicyclic) bond motifs is 1. The van der Waals surface area contributed by atoms with Crippen molar-refractivity contribution in [1.82, 2.24) is 14.9 Å². The third-order valence-electron chi connectivity index (χ3n) is 5.64. The Kier molecular flexibility index (Phi) is 4.73. The SMILES string of the molecule is COc1ccccc1CC(=O)N1C[C@H]2CC[C@@H](Nc3cnccn3)[C@H]2C1. The first-order valence-electron chi connectivity index (χ1n) is 9.17. The summed E-state index contributed by atoms with van der Waals surface area (Å²) in [5, 5.41) is 3.51. The summed E-state index contributed by atoms with van der Waals surface area (Å²) >= 11 is 0. The number of ether oxygens (including phenoxy) is 1. The number of nitrogens with one attached hydrogen (secondary N) is 1. The fraction of sp³-hybridized carbons (Fsp3) is 0.450. The molecule has 26 heavy (non-hydrogen) atoms. The number of para-hydroxylation sites is 1. The maximum Gasteiger partial charge on any atom is 0.227 e. The van der Waals surface area contributed by atoms with Crippen LogP contribution in [0.2, 0.25) is 0 Å². The van der Waals surface area contributed by atoms with E-state index in [1.807, 2.05) is 29.2 Å². The Morgan fingerprint density at radius 1 is 1.27 bits per heavy atom. The lowest BCUT2D eigenvalue weighted by molar-refractivity contribution is -0.129. The van der Waals surface area contributed by atoms with Gasteiger partial charge in [0.15, 0.2) is 0 Å². The average molecular weight is 352 g/mol. The van der Waals surface area contributed by atoms with Crippen LogP contribution in [0.25, 0.3) is 0 Å². The fourth-order valence-electron chi connectivity index (χ4n) is 4.34. The number of methoxy groups -OCH3 is 1. The third kappa shape index (κ3) is 3.36. The highest BCUT2D eigenvalue weighted by Crippen LogP contribution is 2.39. The Labute approximate surface area is 153 Å². The molecule has 6 nitrogen and oxygen atoms in total. The second-order valence-electron chi connectivity index (χ2n) is 7.13. The first-order valence-corrected chi connectivity index (χ1v) is 9.17. The van der Waals surface area contributed by atoms with E-state index in [1.165, 1.54) is 0 Å². The number of benzene rings is 1. The summed E-state index contributed by atoms with van der Waals surface area (Å²) < 4.78 is 5.37. The van der Waals surface area contributed by atoms with Gasteiger partial charge in [0.1, 0.15) is 11.6 Å². The fourth-order valence-corrected chi connectivity index (χ4v) is 4.34. The minimum atomic E-state index is 0.183. The molecule has 2 aliphatic rings. The van der Waals surface area contributed by atoms with Crippen molar-refractivity contribution in [2.75, 3.05) is 25.5 Å². The number of aromatic nitrogens is 2. The molecule has 1 aromatic heterocycles. The molecule has 2 fully saturated rings. The zero-order valence-corrected chi connectivity index (χ0v) is 15.0. The number of hydrogen-bond donors (Lipinski definition) is 1. The predicted molar refractivity (Wildman–Crippen MR) is 98.9 cm³/mol. The number of carbonyl (C=O) groups is 1. The first-order chi connectivity index (χ1) is 12.7. The zero-order valence-electron chi connectivity index (χ0n) is 15.0. The van der Waals surface area contributed by atoms with Crippen molar-refractivity contribution in [2.45, 2.75) is 25.3 Å². The summed E-state index contributed by atoms with van der Waals surface area (Å²) in [5.41, 5.74) is 0.950. The molecule has 2 aromatic rings. The van der Waals surface area contributed by atoms with Crippen molar-refractivity contribution < 1.29 is 9.53 Å². The van der Waals surface area contributed by atoms with Crippen LogP contribution in [0.5, 0.6) is 5.75 Å². The highest BCUT2D eigenvalue weighted by Gasteiger charge is 2.44. The largest absolute Gasteiger partial charge is 0.496 e. The Morgan fingerprint density at radius 3 is 2.96 bits per heavy atom. The molecule has 1 N–H and O–H groups in total. The van der Waals surface area contributed by atoms with Crippen LogP contribution in [0.1, 0.15) is 18.4 Å². The van der Waals surface area contributed by atoms with Gasteiger partial charge in [0.2, 0.25) is 5.91 Å². The van der Waals surface area contributed by atoms with Crippen molar-refractivity contribution >= 4 is 11.7 Å². The first kappa shape index (κ1) is 16.8. The molecule has 3 atom stereocenters. The van der Waals surface area contributed by atoms with Gasteiger partial charge >= 0.3 is 0 Å². The smallest absolute Gasteiger partial charge is 0.227 e. The van der Waals surface area contributed by atoms with Gasteiger partial charge in [-0.1, -0.05) is 18.2 Å². The molecule has 1 amide bonds. The number of likely N-dealkylation sites (tertiary alicyclic amines) is 1. The van der Waals surface area contributed by atoms with E-state index in [4.69, 9.17) is 4.74 Å². The van der Waals surface area contributed by atoms with Crippen LogP contribution in [0, 0.1) is 11.8 Å². The number of carbonyl (C=O) groups excluding carboxylic acids is 1. The summed E-state index contributed by atoms with van der Waals surface area (Å²) in [4.78, 5) is 23.3. The van der Waals surface area contributed by atoms with Crippen molar-refractivity contribution in [3.05, 3.63) is 48.4 Å². The molecular formula is C20H24N4O2. The van der Waals surface area contributed by atoms with E-state index in [0.717, 1.165) is 43.1 Å². The van der Waals surface area contributed by atoms with Gasteiger partial charge in [0.25, 0.3) is 0 Å². The van der Waals surface area contributed by atoms with E-state index in [2.05, 4.69) is 15.3 Å². The summed E-state index contributed by atoms with van der Waals surface area (Å²) in [6, 6.07) is 8.11. The van der Waals surface area contributed by atoms with Crippen molar-refractivity contribution in [3.8, 4) is 5.75 Å². The standard InChI is InChI=1S/C20H24N4O2/c1-26-18-5-3-2-4-14(18)10-20(25)24-12-15-6-7-17(16(15)13-24)23-19-11-21-8-9-22-19/h2-5,8-9,11,15-17H,6-7,10,12-13H2,1H3,(H,22,23)/t15-,16+,17-/m1/s1. The lowest BCUT2D eigenvalue weighted by Crippen LogP contribution is -2.34. The van der Waals surface area contributed by atoms with Crippen molar-refractivity contribution in [3.63, 3.8) is 0 Å². The van der Waals surface area contributed by atoms with E-state index < -0.39 is 0 Å². The molecule has 0 unspecified atom stereocenters. The van der Waals surface area contributed by atoms with E-state index in [1.54, 1.807) is 25.7 Å². The summed E-state index contributed by atoms with van der Waals surface area (Å²) in [5.74, 6) is 2.84. The van der Waals surface area contributed by atoms with Gasteiger partial charge in [-0.3, -0.25) is 9.78 Å². The molecule has 1 saturated carbocycles. The van der Waals surface area contributed by atoms with Gasteiger partial charge in [-0.05, 0) is 24.8 Å². The lowest BCUT2D eigenvalue weighted by atomic mass is 9.98. The Bertz CT molecular complexity index is 767. The van der Waals surface area contributed by atoms with E-state index >= 15 is 0 Å². The van der Waals surface area contributed by atoms with Crippen LogP contribution in [0.3, 0.4) is 0 Å². The Hall–Kier alpha value is -2.63. The van der Waals surface area contributed by atoms with Crippen molar-refractivity contribution in [2.24, 2.45) is 11.8 Å². The average Bonchev–Trinajstić information content (AvgIpc) is 3.25. The van der Waals surface area contributed by atoms with Gasteiger partial charge in [0.05, 0.1) is 19.7 Å². The van der Waals surface area contributed by atoms with Crippen LogP contribution in [0.15, 0.2) is 42.9 Å². The minimum Gasteiger partial charge on any atom is -0.496 e. The molecule has 2 heterocycles. The quantitative estimate of drug-likeness (QED) is 0.895. The number of amides is 1. The van der Waals surface area contributed by atoms with Gasteiger partial charge in [0, 0.05) is 43.0 Å². The number of nitrogens with zero attached hydrogens (tertiary/aromatic N) is 3. The molecular weight excluding hydrogens is 328 g/mol. The molecule has 4 rings (SSSR count). The normalized spacial score (nSPS) is 24.3. The predicted octanol–water partition coefficient (Wildman–Crippen LogP) is 2.38. The van der Waals surface area contributed by atoms with Crippen molar-refractivity contribution in [1.29, 1.82) is 0 Å². The van der Waals surface area contributed by atoms with Crippen LogP contribution in [-0.2, 0) is 11.2 Å². The molecule has 0 radical (unpaired) electrons. The van der Waals surface area contributed by atoms with Crippen LogP contribution < -0.4 is 10.1 Å². The second kappa shape index (κ2) is 7.32.